The summed E-state index contributed by atoms with van der Waals surface area (Å²) in [6.07, 6.45) is 0. The highest BCUT2D eigenvalue weighted by atomic mass is 32.2. The second-order valence-corrected chi connectivity index (χ2v) is 10.2. The van der Waals surface area contributed by atoms with Crippen molar-refractivity contribution in [1.82, 2.24) is 0 Å². The highest BCUT2D eigenvalue weighted by Crippen LogP contribution is 2.26. The molecular formula is C23H24N2O3S2. The Kier molecular flexibility index (Phi) is 6.84. The molecule has 30 heavy (non-hydrogen) atoms. The van der Waals surface area contributed by atoms with Crippen LogP contribution in [0.4, 0.5) is 11.4 Å². The summed E-state index contributed by atoms with van der Waals surface area (Å²) in [4.78, 5) is 13.5. The van der Waals surface area contributed by atoms with Crippen molar-refractivity contribution < 1.29 is 13.2 Å². The van der Waals surface area contributed by atoms with E-state index in [0.29, 0.717) is 5.69 Å². The third kappa shape index (κ3) is 5.87. The van der Waals surface area contributed by atoms with Gasteiger partial charge in [-0.05, 0) is 74.9 Å². The zero-order valence-corrected chi connectivity index (χ0v) is 18.7. The summed E-state index contributed by atoms with van der Waals surface area (Å²) in [6, 6.07) is 21.3. The van der Waals surface area contributed by atoms with Crippen LogP contribution in [-0.2, 0) is 14.8 Å². The molecule has 1 amide bonds. The van der Waals surface area contributed by atoms with E-state index < -0.39 is 10.0 Å². The highest BCUT2D eigenvalue weighted by molar-refractivity contribution is 8.00. The first-order chi connectivity index (χ1) is 14.2. The van der Waals surface area contributed by atoms with Crippen LogP contribution in [0, 0.1) is 13.8 Å². The molecule has 0 fully saturated rings. The lowest BCUT2D eigenvalue weighted by molar-refractivity contribution is -0.115. The Balaban J connectivity index is 1.61. The van der Waals surface area contributed by atoms with Gasteiger partial charge in [-0.3, -0.25) is 9.52 Å². The summed E-state index contributed by atoms with van der Waals surface area (Å²) in [7, 11) is -3.64. The number of amides is 1. The summed E-state index contributed by atoms with van der Waals surface area (Å²) in [5.41, 5.74) is 3.32. The summed E-state index contributed by atoms with van der Waals surface area (Å²) in [5.74, 6) is -0.0882. The molecule has 7 heteroatoms. The molecule has 5 nitrogen and oxygen atoms in total. The molecule has 0 heterocycles. The van der Waals surface area contributed by atoms with Crippen LogP contribution in [0.5, 0.6) is 0 Å². The molecule has 0 aromatic heterocycles. The standard InChI is InChI=1S/C23H24N2O3S2/c1-16-7-13-22(14-8-16)30(27,28)25-19-9-11-21(12-10-19)29-18(3)23(26)24-20-6-4-5-17(2)15-20/h4-15,18,25H,1-3H3,(H,24,26). The van der Waals surface area contributed by atoms with Gasteiger partial charge < -0.3 is 5.32 Å². The van der Waals surface area contributed by atoms with Crippen LogP contribution >= 0.6 is 11.8 Å². The quantitative estimate of drug-likeness (QED) is 0.494. The Morgan fingerprint density at radius 3 is 2.17 bits per heavy atom. The van der Waals surface area contributed by atoms with E-state index in [0.717, 1.165) is 21.7 Å². The SMILES string of the molecule is Cc1ccc(S(=O)(=O)Nc2ccc(SC(C)C(=O)Nc3cccc(C)c3)cc2)cc1. The van der Waals surface area contributed by atoms with Gasteiger partial charge in [0.05, 0.1) is 10.1 Å². The lowest BCUT2D eigenvalue weighted by Crippen LogP contribution is -2.22. The number of nitrogens with one attached hydrogen (secondary N) is 2. The van der Waals surface area contributed by atoms with Crippen LogP contribution < -0.4 is 10.0 Å². The van der Waals surface area contributed by atoms with Gasteiger partial charge in [-0.25, -0.2) is 8.42 Å². The minimum absolute atomic E-state index is 0.0882. The average Bonchev–Trinajstić information content (AvgIpc) is 2.69. The van der Waals surface area contributed by atoms with Crippen molar-refractivity contribution in [1.29, 1.82) is 0 Å². The molecule has 1 unspecified atom stereocenters. The number of rotatable bonds is 7. The number of anilines is 2. The first-order valence-electron chi connectivity index (χ1n) is 9.47. The Bertz CT molecular complexity index is 1130. The second-order valence-electron chi connectivity index (χ2n) is 7.06. The Hall–Kier alpha value is -2.77. The molecule has 3 aromatic carbocycles. The normalized spacial score (nSPS) is 12.2. The molecule has 0 aliphatic heterocycles. The molecule has 0 spiro atoms. The van der Waals surface area contributed by atoms with Crippen molar-refractivity contribution >= 4 is 39.1 Å². The fraction of sp³-hybridized carbons (Fsp3) is 0.174. The molecule has 3 aromatic rings. The molecule has 0 aliphatic carbocycles. The zero-order valence-electron chi connectivity index (χ0n) is 17.0. The zero-order chi connectivity index (χ0) is 21.7. The summed E-state index contributed by atoms with van der Waals surface area (Å²) < 4.78 is 27.6. The topological polar surface area (TPSA) is 75.3 Å². The molecule has 0 saturated heterocycles. The van der Waals surface area contributed by atoms with Gasteiger partial charge in [0.15, 0.2) is 0 Å². The smallest absolute Gasteiger partial charge is 0.261 e. The average molecular weight is 441 g/mol. The van der Waals surface area contributed by atoms with E-state index in [2.05, 4.69) is 10.0 Å². The maximum Gasteiger partial charge on any atom is 0.261 e. The van der Waals surface area contributed by atoms with Gasteiger partial charge in [0.25, 0.3) is 10.0 Å². The summed E-state index contributed by atoms with van der Waals surface area (Å²) >= 11 is 1.41. The van der Waals surface area contributed by atoms with Crippen molar-refractivity contribution in [2.24, 2.45) is 0 Å². The van der Waals surface area contributed by atoms with Gasteiger partial charge in [-0.1, -0.05) is 29.8 Å². The minimum Gasteiger partial charge on any atom is -0.325 e. The Morgan fingerprint density at radius 2 is 1.53 bits per heavy atom. The van der Waals surface area contributed by atoms with Gasteiger partial charge in [-0.2, -0.15) is 0 Å². The van der Waals surface area contributed by atoms with Crippen LogP contribution in [0.15, 0.2) is 82.6 Å². The lowest BCUT2D eigenvalue weighted by atomic mass is 10.2. The van der Waals surface area contributed by atoms with Crippen LogP contribution in [0.2, 0.25) is 0 Å². The van der Waals surface area contributed by atoms with Crippen LogP contribution in [-0.4, -0.2) is 19.6 Å². The minimum atomic E-state index is -3.64. The van der Waals surface area contributed by atoms with Crippen molar-refractivity contribution in [3.63, 3.8) is 0 Å². The fourth-order valence-corrected chi connectivity index (χ4v) is 4.68. The van der Waals surface area contributed by atoms with Crippen molar-refractivity contribution in [2.75, 3.05) is 10.0 Å². The predicted octanol–water partition coefficient (Wildman–Crippen LogP) is 5.22. The molecule has 2 N–H and O–H groups in total. The van der Waals surface area contributed by atoms with E-state index in [1.807, 2.05) is 45.0 Å². The summed E-state index contributed by atoms with van der Waals surface area (Å²) in [6.45, 7) is 5.72. The van der Waals surface area contributed by atoms with E-state index in [1.165, 1.54) is 11.8 Å². The van der Waals surface area contributed by atoms with Crippen LogP contribution in [0.1, 0.15) is 18.1 Å². The lowest BCUT2D eigenvalue weighted by Gasteiger charge is -2.13. The van der Waals surface area contributed by atoms with Gasteiger partial charge in [0.1, 0.15) is 0 Å². The van der Waals surface area contributed by atoms with Crippen LogP contribution in [0.25, 0.3) is 0 Å². The number of thioether (sulfide) groups is 1. The first-order valence-corrected chi connectivity index (χ1v) is 11.8. The highest BCUT2D eigenvalue weighted by Gasteiger charge is 2.16. The largest absolute Gasteiger partial charge is 0.325 e. The molecule has 0 saturated carbocycles. The maximum absolute atomic E-state index is 12.5. The number of hydrogen-bond donors (Lipinski definition) is 2. The first kappa shape index (κ1) is 21.9. The molecular weight excluding hydrogens is 416 g/mol. The van der Waals surface area contributed by atoms with Gasteiger partial charge in [0, 0.05) is 16.3 Å². The van der Waals surface area contributed by atoms with Crippen molar-refractivity contribution in [2.45, 2.75) is 35.8 Å². The van der Waals surface area contributed by atoms with Crippen LogP contribution in [0.3, 0.4) is 0 Å². The van der Waals surface area contributed by atoms with E-state index in [1.54, 1.807) is 48.5 Å². The van der Waals surface area contributed by atoms with Gasteiger partial charge in [-0.15, -0.1) is 11.8 Å². The van der Waals surface area contributed by atoms with E-state index in [4.69, 9.17) is 0 Å². The molecule has 0 radical (unpaired) electrons. The van der Waals surface area contributed by atoms with E-state index >= 15 is 0 Å². The predicted molar refractivity (Wildman–Crippen MR) is 124 cm³/mol. The van der Waals surface area contributed by atoms with E-state index in [-0.39, 0.29) is 16.1 Å². The molecule has 1 atom stereocenters. The number of hydrogen-bond acceptors (Lipinski definition) is 4. The van der Waals surface area contributed by atoms with E-state index in [9.17, 15) is 13.2 Å². The number of carbonyl (C=O) groups is 1. The number of sulfonamides is 1. The van der Waals surface area contributed by atoms with Gasteiger partial charge >= 0.3 is 0 Å². The molecule has 0 bridgehead atoms. The number of aryl methyl sites for hydroxylation is 2. The number of benzene rings is 3. The monoisotopic (exact) mass is 440 g/mol. The molecule has 156 valence electrons. The number of carbonyl (C=O) groups excluding carboxylic acids is 1. The third-order valence-electron chi connectivity index (χ3n) is 4.41. The Morgan fingerprint density at radius 1 is 0.867 bits per heavy atom. The molecule has 0 aliphatic rings. The second kappa shape index (κ2) is 9.36. The van der Waals surface area contributed by atoms with Crippen molar-refractivity contribution in [3.05, 3.63) is 83.9 Å². The maximum atomic E-state index is 12.5. The molecule has 3 rings (SSSR count). The Labute approximate surface area is 182 Å². The third-order valence-corrected chi connectivity index (χ3v) is 6.91. The fourth-order valence-electron chi connectivity index (χ4n) is 2.76. The van der Waals surface area contributed by atoms with Crippen molar-refractivity contribution in [3.8, 4) is 0 Å². The summed E-state index contributed by atoms with van der Waals surface area (Å²) in [5, 5.41) is 2.61. The van der Waals surface area contributed by atoms with Gasteiger partial charge in [0.2, 0.25) is 5.91 Å².